The zero-order valence-corrected chi connectivity index (χ0v) is 14.5. The Kier molecular flexibility index (Phi) is 4.66. The molecule has 0 bridgehead atoms. The summed E-state index contributed by atoms with van der Waals surface area (Å²) in [6.07, 6.45) is 1.33. The van der Waals surface area contributed by atoms with Crippen molar-refractivity contribution in [1.29, 1.82) is 0 Å². The van der Waals surface area contributed by atoms with Crippen molar-refractivity contribution in [3.63, 3.8) is 0 Å². The van der Waals surface area contributed by atoms with E-state index in [-0.39, 0.29) is 22.2 Å². The Balaban J connectivity index is 1.83. The quantitative estimate of drug-likeness (QED) is 0.699. The summed E-state index contributed by atoms with van der Waals surface area (Å²) in [6.45, 7) is 2.25. The number of imidazole rings is 1. The third-order valence-electron chi connectivity index (χ3n) is 3.68. The van der Waals surface area contributed by atoms with Gasteiger partial charge in [0.1, 0.15) is 11.4 Å². The topological polar surface area (TPSA) is 95.2 Å². The van der Waals surface area contributed by atoms with Gasteiger partial charge < -0.3 is 10.1 Å². The highest BCUT2D eigenvalue weighted by Gasteiger charge is 2.16. The first kappa shape index (κ1) is 16.9. The fourth-order valence-corrected chi connectivity index (χ4v) is 3.31. The number of hydrogen-bond acceptors (Lipinski definition) is 6. The summed E-state index contributed by atoms with van der Waals surface area (Å²) in [6, 6.07) is 7.31. The minimum absolute atomic E-state index is 0.139. The number of para-hydroxylation sites is 2. The first-order chi connectivity index (χ1) is 12.0. The molecule has 0 spiro atoms. The van der Waals surface area contributed by atoms with E-state index in [1.807, 2.05) is 25.1 Å². The van der Waals surface area contributed by atoms with E-state index in [4.69, 9.17) is 0 Å². The average Bonchev–Trinajstić information content (AvgIpc) is 3.18. The van der Waals surface area contributed by atoms with Gasteiger partial charge >= 0.3 is 11.7 Å². The van der Waals surface area contributed by atoms with Crippen LogP contribution in [0.3, 0.4) is 0 Å². The molecular weight excluding hydrogens is 344 g/mol. The number of nitrogens with zero attached hydrogens (tertiary/aromatic N) is 3. The predicted octanol–water partition coefficient (Wildman–Crippen LogP) is 1.70. The van der Waals surface area contributed by atoms with Gasteiger partial charge in [0.15, 0.2) is 5.13 Å². The van der Waals surface area contributed by atoms with E-state index in [0.717, 1.165) is 16.9 Å². The molecule has 0 radical (unpaired) electrons. The zero-order chi connectivity index (χ0) is 18.0. The van der Waals surface area contributed by atoms with Crippen LogP contribution in [0.25, 0.3) is 11.0 Å². The van der Waals surface area contributed by atoms with E-state index in [9.17, 15) is 14.4 Å². The van der Waals surface area contributed by atoms with Crippen LogP contribution in [0, 0.1) is 0 Å². The molecular formula is C16H16N4O4S. The number of rotatable bonds is 5. The molecule has 0 atom stereocenters. The summed E-state index contributed by atoms with van der Waals surface area (Å²) < 4.78 is 7.63. The largest absolute Gasteiger partial charge is 0.465 e. The minimum Gasteiger partial charge on any atom is -0.465 e. The number of fused-ring (bicyclic) bond motifs is 1. The molecule has 1 N–H and O–H groups in total. The molecule has 25 heavy (non-hydrogen) atoms. The molecule has 3 rings (SSSR count). The van der Waals surface area contributed by atoms with Gasteiger partial charge in [-0.1, -0.05) is 23.5 Å². The van der Waals surface area contributed by atoms with Crippen LogP contribution in [0.2, 0.25) is 0 Å². The Bertz CT molecular complexity index is 1000. The molecule has 0 fully saturated rings. The Morgan fingerprint density at radius 2 is 1.92 bits per heavy atom. The van der Waals surface area contributed by atoms with Crippen LogP contribution in [0.1, 0.15) is 16.6 Å². The lowest BCUT2D eigenvalue weighted by atomic mass is 10.3. The van der Waals surface area contributed by atoms with Gasteiger partial charge in [-0.15, -0.1) is 0 Å². The SMILES string of the molecule is CCn1c(=O)n(CC(=O)Nc2ncc(C(=O)OC)s2)c2ccccc21. The van der Waals surface area contributed by atoms with Crippen molar-refractivity contribution in [2.24, 2.45) is 0 Å². The number of aryl methyl sites for hydroxylation is 1. The summed E-state index contributed by atoms with van der Waals surface area (Å²) in [5.74, 6) is -0.910. The molecule has 0 saturated heterocycles. The maximum absolute atomic E-state index is 12.5. The number of methoxy groups -OCH3 is 1. The van der Waals surface area contributed by atoms with Gasteiger partial charge in [-0.2, -0.15) is 0 Å². The standard InChI is InChI=1S/C16H16N4O4S/c1-3-19-10-6-4-5-7-11(10)20(16(19)23)9-13(21)18-15-17-8-12(25-15)14(22)24-2/h4-8H,3,9H2,1-2H3,(H,17,18,21). The molecule has 2 heterocycles. The van der Waals surface area contributed by atoms with Crippen molar-refractivity contribution >= 4 is 39.4 Å². The van der Waals surface area contributed by atoms with Crippen molar-refractivity contribution in [3.05, 3.63) is 45.8 Å². The summed E-state index contributed by atoms with van der Waals surface area (Å²) >= 11 is 1.01. The third kappa shape index (κ3) is 3.18. The van der Waals surface area contributed by atoms with Gasteiger partial charge in [0, 0.05) is 6.54 Å². The van der Waals surface area contributed by atoms with Gasteiger partial charge in [-0.05, 0) is 19.1 Å². The van der Waals surface area contributed by atoms with Crippen LogP contribution in [-0.2, 0) is 22.6 Å². The fraction of sp³-hybridized carbons (Fsp3) is 0.250. The monoisotopic (exact) mass is 360 g/mol. The maximum Gasteiger partial charge on any atom is 0.349 e. The third-order valence-corrected chi connectivity index (χ3v) is 4.57. The number of esters is 1. The Hall–Kier alpha value is -2.94. The van der Waals surface area contributed by atoms with Crippen LogP contribution in [0.15, 0.2) is 35.3 Å². The first-order valence-electron chi connectivity index (χ1n) is 7.57. The molecule has 0 saturated carbocycles. The Morgan fingerprint density at radius 1 is 1.24 bits per heavy atom. The number of benzene rings is 1. The smallest absolute Gasteiger partial charge is 0.349 e. The molecule has 0 aliphatic rings. The van der Waals surface area contributed by atoms with Crippen LogP contribution in [-0.4, -0.2) is 33.1 Å². The number of nitrogens with one attached hydrogen (secondary N) is 1. The lowest BCUT2D eigenvalue weighted by Crippen LogP contribution is -2.29. The van der Waals surface area contributed by atoms with Gasteiger partial charge in [0.2, 0.25) is 5.91 Å². The highest BCUT2D eigenvalue weighted by atomic mass is 32.1. The van der Waals surface area contributed by atoms with Crippen molar-refractivity contribution in [2.45, 2.75) is 20.0 Å². The number of ether oxygens (including phenoxy) is 1. The summed E-state index contributed by atoms with van der Waals surface area (Å²) in [7, 11) is 1.27. The second-order valence-electron chi connectivity index (χ2n) is 5.17. The van der Waals surface area contributed by atoms with E-state index >= 15 is 0 Å². The number of thiazole rings is 1. The van der Waals surface area contributed by atoms with Crippen molar-refractivity contribution in [2.75, 3.05) is 12.4 Å². The van der Waals surface area contributed by atoms with E-state index in [0.29, 0.717) is 12.1 Å². The van der Waals surface area contributed by atoms with Gasteiger partial charge in [-0.25, -0.2) is 14.6 Å². The second-order valence-corrected chi connectivity index (χ2v) is 6.20. The number of hydrogen-bond donors (Lipinski definition) is 1. The van der Waals surface area contributed by atoms with Gasteiger partial charge in [-0.3, -0.25) is 13.9 Å². The molecule has 130 valence electrons. The van der Waals surface area contributed by atoms with E-state index in [1.54, 1.807) is 10.6 Å². The normalized spacial score (nSPS) is 10.8. The van der Waals surface area contributed by atoms with Crippen LogP contribution < -0.4 is 11.0 Å². The summed E-state index contributed by atoms with van der Waals surface area (Å²) in [5.41, 5.74) is 1.23. The van der Waals surface area contributed by atoms with Gasteiger partial charge in [0.25, 0.3) is 0 Å². The molecule has 1 amide bonds. The van der Waals surface area contributed by atoms with E-state index < -0.39 is 11.9 Å². The van der Waals surface area contributed by atoms with Crippen molar-refractivity contribution in [3.8, 4) is 0 Å². The molecule has 3 aromatic rings. The highest BCUT2D eigenvalue weighted by Crippen LogP contribution is 2.19. The molecule has 1 aromatic carbocycles. The molecule has 9 heteroatoms. The lowest BCUT2D eigenvalue weighted by molar-refractivity contribution is -0.116. The maximum atomic E-state index is 12.5. The molecule has 0 unspecified atom stereocenters. The first-order valence-corrected chi connectivity index (χ1v) is 8.38. The minimum atomic E-state index is -0.514. The van der Waals surface area contributed by atoms with Crippen molar-refractivity contribution < 1.29 is 14.3 Å². The predicted molar refractivity (Wildman–Crippen MR) is 94.0 cm³/mol. The lowest BCUT2D eigenvalue weighted by Gasteiger charge is -2.03. The van der Waals surface area contributed by atoms with Gasteiger partial charge in [0.05, 0.1) is 24.3 Å². The average molecular weight is 360 g/mol. The molecule has 2 aromatic heterocycles. The summed E-state index contributed by atoms with van der Waals surface area (Å²) in [5, 5.41) is 2.88. The Labute approximate surface area is 146 Å². The zero-order valence-electron chi connectivity index (χ0n) is 13.7. The van der Waals surface area contributed by atoms with E-state index in [2.05, 4.69) is 15.0 Å². The molecule has 8 nitrogen and oxygen atoms in total. The number of carbonyl (C=O) groups is 2. The van der Waals surface area contributed by atoms with Crippen LogP contribution in [0.4, 0.5) is 5.13 Å². The molecule has 0 aliphatic heterocycles. The van der Waals surface area contributed by atoms with Crippen LogP contribution in [0.5, 0.6) is 0 Å². The fourth-order valence-electron chi connectivity index (χ4n) is 2.56. The number of aromatic nitrogens is 3. The molecule has 0 aliphatic carbocycles. The number of amides is 1. The highest BCUT2D eigenvalue weighted by molar-refractivity contribution is 7.17. The van der Waals surface area contributed by atoms with Crippen LogP contribution >= 0.6 is 11.3 Å². The van der Waals surface area contributed by atoms with E-state index in [1.165, 1.54) is 17.9 Å². The number of anilines is 1. The van der Waals surface area contributed by atoms with Crippen molar-refractivity contribution in [1.82, 2.24) is 14.1 Å². The number of carbonyl (C=O) groups excluding carboxylic acids is 2. The second kappa shape index (κ2) is 6.89. The summed E-state index contributed by atoms with van der Waals surface area (Å²) in [4.78, 5) is 40.5. The Morgan fingerprint density at radius 3 is 2.56 bits per heavy atom.